The molecule has 1 rings (SSSR count). The Morgan fingerprint density at radius 1 is 1.08 bits per heavy atom. The Morgan fingerprint density at radius 2 is 1.50 bits per heavy atom. The summed E-state index contributed by atoms with van der Waals surface area (Å²) in [6.07, 6.45) is 2.56. The van der Waals surface area contributed by atoms with Gasteiger partial charge < -0.3 is 16.2 Å². The zero-order chi connectivity index (χ0) is 9.40. The molecule has 0 bridgehead atoms. The number of carbonyl (C=O) groups excluding carboxylic acids is 2. The van der Waals surface area contributed by atoms with Crippen molar-refractivity contribution >= 4 is 12.1 Å². The van der Waals surface area contributed by atoms with Crippen molar-refractivity contribution in [2.75, 3.05) is 13.2 Å². The van der Waals surface area contributed by atoms with E-state index < -0.39 is 12.1 Å². The number of primary amides is 2. The van der Waals surface area contributed by atoms with Gasteiger partial charge in [0.15, 0.2) is 0 Å². The van der Waals surface area contributed by atoms with Crippen molar-refractivity contribution in [2.45, 2.75) is 12.8 Å². The first-order chi connectivity index (χ1) is 5.63. The summed E-state index contributed by atoms with van der Waals surface area (Å²) >= 11 is 0. The number of ether oxygens (including phenoxy) is 1. The summed E-state index contributed by atoms with van der Waals surface area (Å²) < 4.78 is 4.94. The maximum absolute atomic E-state index is 9.62. The summed E-state index contributed by atoms with van der Waals surface area (Å²) in [5.41, 5.74) is 8.88. The Bertz CT molecular complexity index is 137. The van der Waals surface area contributed by atoms with Crippen molar-refractivity contribution in [1.82, 2.24) is 5.32 Å². The fourth-order valence-corrected chi connectivity index (χ4v) is 0.632. The lowest BCUT2D eigenvalue weighted by atomic mass is 10.4. The molecule has 5 N–H and O–H groups in total. The molecule has 1 aliphatic heterocycles. The molecule has 0 aromatic heterocycles. The number of urea groups is 2. The van der Waals surface area contributed by atoms with Crippen LogP contribution in [0.15, 0.2) is 0 Å². The molecule has 1 heterocycles. The number of nitrogens with one attached hydrogen (secondary N) is 1. The Labute approximate surface area is 70.2 Å². The highest BCUT2D eigenvalue weighted by Crippen LogP contribution is 1.98. The van der Waals surface area contributed by atoms with Crippen LogP contribution in [-0.2, 0) is 4.74 Å². The maximum atomic E-state index is 9.62. The van der Waals surface area contributed by atoms with E-state index in [-0.39, 0.29) is 0 Å². The minimum absolute atomic E-state index is 0.937. The maximum Gasteiger partial charge on any atom is 0.320 e. The monoisotopic (exact) mass is 175 g/mol. The number of carbonyl (C=O) groups is 2. The van der Waals surface area contributed by atoms with Crippen molar-refractivity contribution in [2.24, 2.45) is 11.5 Å². The second-order valence-electron chi connectivity index (χ2n) is 2.17. The molecule has 12 heavy (non-hydrogen) atoms. The molecule has 0 unspecified atom stereocenters. The standard InChI is InChI=1S/C4H8O.C2H5N3O2/c1-2-4-5-3-1;3-1(6)5-2(4)7/h1-4H2;(H5,3,4,5,6,7). The average Bonchev–Trinajstić information content (AvgIpc) is 2.36. The molecule has 70 valence electrons. The summed E-state index contributed by atoms with van der Waals surface area (Å²) in [7, 11) is 0. The van der Waals surface area contributed by atoms with Gasteiger partial charge in [-0.1, -0.05) is 0 Å². The Hall–Kier alpha value is -1.30. The highest BCUT2D eigenvalue weighted by atomic mass is 16.5. The first-order valence-corrected chi connectivity index (χ1v) is 3.56. The van der Waals surface area contributed by atoms with Crippen LogP contribution in [0.1, 0.15) is 12.8 Å². The topological polar surface area (TPSA) is 107 Å². The van der Waals surface area contributed by atoms with Crippen molar-refractivity contribution < 1.29 is 14.3 Å². The number of nitrogens with two attached hydrogens (primary N) is 2. The van der Waals surface area contributed by atoms with Crippen molar-refractivity contribution in [3.63, 3.8) is 0 Å². The lowest BCUT2D eigenvalue weighted by Crippen LogP contribution is -2.38. The van der Waals surface area contributed by atoms with E-state index in [1.165, 1.54) is 12.8 Å². The van der Waals surface area contributed by atoms with E-state index in [2.05, 4.69) is 11.5 Å². The van der Waals surface area contributed by atoms with Crippen LogP contribution in [0, 0.1) is 0 Å². The van der Waals surface area contributed by atoms with Crippen LogP contribution >= 0.6 is 0 Å². The molecule has 1 fully saturated rings. The number of rotatable bonds is 0. The first-order valence-electron chi connectivity index (χ1n) is 3.56. The summed E-state index contributed by atoms with van der Waals surface area (Å²) in [5, 5.41) is 1.58. The molecule has 0 saturated carbocycles. The molecular formula is C6H13N3O3. The van der Waals surface area contributed by atoms with Gasteiger partial charge in [0.05, 0.1) is 0 Å². The highest BCUT2D eigenvalue weighted by Gasteiger charge is 1.94. The van der Waals surface area contributed by atoms with Gasteiger partial charge in [0.2, 0.25) is 0 Å². The van der Waals surface area contributed by atoms with Crippen LogP contribution < -0.4 is 16.8 Å². The van der Waals surface area contributed by atoms with Gasteiger partial charge in [0, 0.05) is 13.2 Å². The van der Waals surface area contributed by atoms with Gasteiger partial charge in [0.1, 0.15) is 0 Å². The van der Waals surface area contributed by atoms with Crippen LogP contribution in [0.25, 0.3) is 0 Å². The quantitative estimate of drug-likeness (QED) is 0.463. The number of hydrogen-bond acceptors (Lipinski definition) is 3. The van der Waals surface area contributed by atoms with Gasteiger partial charge in [-0.2, -0.15) is 0 Å². The minimum atomic E-state index is -0.938. The highest BCUT2D eigenvalue weighted by molar-refractivity contribution is 5.91. The van der Waals surface area contributed by atoms with E-state index in [0.29, 0.717) is 0 Å². The molecule has 6 nitrogen and oxygen atoms in total. The summed E-state index contributed by atoms with van der Waals surface area (Å²) in [4.78, 5) is 19.2. The summed E-state index contributed by atoms with van der Waals surface area (Å²) in [5.74, 6) is 0. The van der Waals surface area contributed by atoms with Crippen molar-refractivity contribution in [3.05, 3.63) is 0 Å². The molecule has 0 aromatic rings. The van der Waals surface area contributed by atoms with E-state index in [1.807, 2.05) is 0 Å². The van der Waals surface area contributed by atoms with Crippen LogP contribution in [0.4, 0.5) is 9.59 Å². The molecular weight excluding hydrogens is 162 g/mol. The summed E-state index contributed by atoms with van der Waals surface area (Å²) in [6, 6.07) is -1.88. The van der Waals surface area contributed by atoms with Gasteiger partial charge in [-0.3, -0.25) is 5.32 Å². The Morgan fingerprint density at radius 3 is 1.58 bits per heavy atom. The average molecular weight is 175 g/mol. The molecule has 0 aromatic carbocycles. The number of hydrogen-bond donors (Lipinski definition) is 3. The van der Waals surface area contributed by atoms with Gasteiger partial charge in [-0.05, 0) is 12.8 Å². The lowest BCUT2D eigenvalue weighted by Gasteiger charge is -1.88. The van der Waals surface area contributed by atoms with Crippen molar-refractivity contribution in [3.8, 4) is 0 Å². The van der Waals surface area contributed by atoms with Crippen LogP contribution in [0.3, 0.4) is 0 Å². The third-order valence-corrected chi connectivity index (χ3v) is 1.07. The lowest BCUT2D eigenvalue weighted by molar-refractivity contribution is 0.198. The van der Waals surface area contributed by atoms with E-state index in [9.17, 15) is 9.59 Å². The van der Waals surface area contributed by atoms with E-state index >= 15 is 0 Å². The van der Waals surface area contributed by atoms with Crippen LogP contribution in [-0.4, -0.2) is 25.3 Å². The van der Waals surface area contributed by atoms with Gasteiger partial charge in [-0.15, -0.1) is 0 Å². The molecule has 1 aliphatic rings. The third-order valence-electron chi connectivity index (χ3n) is 1.07. The minimum Gasteiger partial charge on any atom is -0.381 e. The van der Waals surface area contributed by atoms with Crippen molar-refractivity contribution in [1.29, 1.82) is 0 Å². The Kier molecular flexibility index (Phi) is 5.72. The van der Waals surface area contributed by atoms with Gasteiger partial charge in [-0.25, -0.2) is 9.59 Å². The molecule has 0 spiro atoms. The zero-order valence-electron chi connectivity index (χ0n) is 6.71. The fraction of sp³-hybridized carbons (Fsp3) is 0.667. The molecule has 0 radical (unpaired) electrons. The SMILES string of the molecule is C1CCOC1.NC(=O)NC(N)=O. The van der Waals surface area contributed by atoms with Crippen LogP contribution in [0.2, 0.25) is 0 Å². The number of imide groups is 1. The third kappa shape index (κ3) is 8.70. The fourth-order valence-electron chi connectivity index (χ4n) is 0.632. The summed E-state index contributed by atoms with van der Waals surface area (Å²) in [6.45, 7) is 2.00. The predicted octanol–water partition coefficient (Wildman–Crippen LogP) is -0.470. The van der Waals surface area contributed by atoms with Crippen LogP contribution in [0.5, 0.6) is 0 Å². The largest absolute Gasteiger partial charge is 0.381 e. The second-order valence-corrected chi connectivity index (χ2v) is 2.17. The predicted molar refractivity (Wildman–Crippen MR) is 42.4 cm³/mol. The molecule has 4 amide bonds. The second kappa shape index (κ2) is 6.41. The molecule has 0 atom stereocenters. The van der Waals surface area contributed by atoms with E-state index in [1.54, 1.807) is 5.32 Å². The normalized spacial score (nSPS) is 14.3. The number of amides is 4. The molecule has 1 saturated heterocycles. The zero-order valence-corrected chi connectivity index (χ0v) is 6.71. The molecule has 6 heteroatoms. The smallest absolute Gasteiger partial charge is 0.320 e. The van der Waals surface area contributed by atoms with Gasteiger partial charge >= 0.3 is 12.1 Å². The Balaban J connectivity index is 0.000000211. The first kappa shape index (κ1) is 10.7. The van der Waals surface area contributed by atoms with E-state index in [4.69, 9.17) is 4.74 Å². The molecule has 0 aliphatic carbocycles. The van der Waals surface area contributed by atoms with E-state index in [0.717, 1.165) is 13.2 Å². The van der Waals surface area contributed by atoms with Gasteiger partial charge in [0.25, 0.3) is 0 Å².